The summed E-state index contributed by atoms with van der Waals surface area (Å²) in [5, 5.41) is 7.21. The SMILES string of the molecule is CN=C(NCC1CCN(CCc2ccccc2)C1)NC1CCN(c2ccccc2OC)C1.I. The lowest BCUT2D eigenvalue weighted by molar-refractivity contribution is 0.328. The molecule has 180 valence electrons. The lowest BCUT2D eigenvalue weighted by Gasteiger charge is -2.22. The average Bonchev–Trinajstić information content (AvgIpc) is 3.50. The minimum atomic E-state index is 0. The second-order valence-corrected chi connectivity index (χ2v) is 8.89. The van der Waals surface area contributed by atoms with Gasteiger partial charge in [-0.3, -0.25) is 4.99 Å². The third-order valence-electron chi connectivity index (χ3n) is 6.67. The van der Waals surface area contributed by atoms with E-state index in [4.69, 9.17) is 4.74 Å². The van der Waals surface area contributed by atoms with Gasteiger partial charge < -0.3 is 25.2 Å². The van der Waals surface area contributed by atoms with Gasteiger partial charge in [-0.05, 0) is 49.4 Å². The number of aliphatic imine (C=N–C) groups is 1. The summed E-state index contributed by atoms with van der Waals surface area (Å²) in [6, 6.07) is 19.4. The molecule has 0 amide bonds. The lowest BCUT2D eigenvalue weighted by atomic mass is 10.1. The van der Waals surface area contributed by atoms with Crippen molar-refractivity contribution in [3.05, 3.63) is 60.2 Å². The highest BCUT2D eigenvalue weighted by atomic mass is 127. The van der Waals surface area contributed by atoms with Gasteiger partial charge in [0.15, 0.2) is 5.96 Å². The van der Waals surface area contributed by atoms with Gasteiger partial charge in [-0.15, -0.1) is 24.0 Å². The van der Waals surface area contributed by atoms with Crippen LogP contribution in [-0.4, -0.2) is 70.3 Å². The zero-order chi connectivity index (χ0) is 22.2. The Balaban J connectivity index is 0.00000306. The molecule has 2 aromatic carbocycles. The summed E-state index contributed by atoms with van der Waals surface area (Å²) in [5.41, 5.74) is 2.60. The quantitative estimate of drug-likeness (QED) is 0.292. The molecule has 2 atom stereocenters. The zero-order valence-corrected chi connectivity index (χ0v) is 22.2. The predicted molar refractivity (Wildman–Crippen MR) is 148 cm³/mol. The van der Waals surface area contributed by atoms with Crippen LogP contribution in [0, 0.1) is 5.92 Å². The molecule has 0 spiro atoms. The van der Waals surface area contributed by atoms with Crippen molar-refractivity contribution in [1.29, 1.82) is 0 Å². The molecule has 2 saturated heterocycles. The van der Waals surface area contributed by atoms with Crippen molar-refractivity contribution in [2.45, 2.75) is 25.3 Å². The third-order valence-corrected chi connectivity index (χ3v) is 6.67. The van der Waals surface area contributed by atoms with Gasteiger partial charge in [-0.25, -0.2) is 0 Å². The number of benzene rings is 2. The Morgan fingerprint density at radius 2 is 1.82 bits per heavy atom. The van der Waals surface area contributed by atoms with Crippen LogP contribution >= 0.6 is 24.0 Å². The number of rotatable bonds is 8. The van der Waals surface area contributed by atoms with Crippen LogP contribution in [0.15, 0.2) is 59.6 Å². The van der Waals surface area contributed by atoms with Crippen molar-refractivity contribution >= 4 is 35.6 Å². The molecule has 0 aliphatic carbocycles. The molecule has 6 nitrogen and oxygen atoms in total. The first kappa shape index (κ1) is 25.6. The molecule has 7 heteroatoms. The van der Waals surface area contributed by atoms with Gasteiger partial charge in [0.1, 0.15) is 5.75 Å². The Morgan fingerprint density at radius 1 is 1.03 bits per heavy atom. The summed E-state index contributed by atoms with van der Waals surface area (Å²) < 4.78 is 5.54. The molecule has 0 bridgehead atoms. The van der Waals surface area contributed by atoms with Crippen molar-refractivity contribution in [3.63, 3.8) is 0 Å². The number of halogens is 1. The number of guanidine groups is 1. The van der Waals surface area contributed by atoms with E-state index >= 15 is 0 Å². The van der Waals surface area contributed by atoms with Crippen molar-refractivity contribution in [1.82, 2.24) is 15.5 Å². The first-order valence-electron chi connectivity index (χ1n) is 11.9. The highest BCUT2D eigenvalue weighted by molar-refractivity contribution is 14.0. The second-order valence-electron chi connectivity index (χ2n) is 8.89. The molecule has 4 rings (SSSR count). The van der Waals surface area contributed by atoms with Gasteiger partial charge in [-0.1, -0.05) is 42.5 Å². The fourth-order valence-corrected chi connectivity index (χ4v) is 4.83. The van der Waals surface area contributed by atoms with E-state index in [2.05, 4.69) is 67.9 Å². The molecular weight excluding hydrogens is 525 g/mol. The molecule has 0 saturated carbocycles. The molecule has 2 N–H and O–H groups in total. The van der Waals surface area contributed by atoms with Crippen LogP contribution in [0.25, 0.3) is 0 Å². The smallest absolute Gasteiger partial charge is 0.191 e. The average molecular weight is 564 g/mol. The first-order valence-corrected chi connectivity index (χ1v) is 11.9. The lowest BCUT2D eigenvalue weighted by Crippen LogP contribution is -2.46. The summed E-state index contributed by atoms with van der Waals surface area (Å²) in [7, 11) is 3.60. The summed E-state index contributed by atoms with van der Waals surface area (Å²) in [4.78, 5) is 9.47. The molecule has 33 heavy (non-hydrogen) atoms. The molecule has 2 unspecified atom stereocenters. The second kappa shape index (κ2) is 13.0. The van der Waals surface area contributed by atoms with Crippen LogP contribution in [0.3, 0.4) is 0 Å². The molecule has 2 aliphatic heterocycles. The minimum absolute atomic E-state index is 0. The van der Waals surface area contributed by atoms with Crippen molar-refractivity contribution in [2.75, 3.05) is 58.3 Å². The highest BCUT2D eigenvalue weighted by Gasteiger charge is 2.26. The van der Waals surface area contributed by atoms with E-state index in [1.165, 1.54) is 30.8 Å². The highest BCUT2D eigenvalue weighted by Crippen LogP contribution is 2.30. The van der Waals surface area contributed by atoms with Gasteiger partial charge in [0, 0.05) is 45.8 Å². The molecule has 2 aromatic rings. The van der Waals surface area contributed by atoms with Crippen molar-refractivity contribution < 1.29 is 4.74 Å². The summed E-state index contributed by atoms with van der Waals surface area (Å²) in [5.74, 6) is 2.53. The molecule has 2 fully saturated rings. The summed E-state index contributed by atoms with van der Waals surface area (Å²) in [6.07, 6.45) is 3.48. The molecule has 2 aliphatic rings. The normalized spacial score (nSPS) is 21.0. The van der Waals surface area contributed by atoms with Gasteiger partial charge in [0.2, 0.25) is 0 Å². The molecule has 2 heterocycles. The maximum absolute atomic E-state index is 5.54. The number of nitrogens with one attached hydrogen (secondary N) is 2. The van der Waals surface area contributed by atoms with E-state index in [-0.39, 0.29) is 24.0 Å². The number of ether oxygens (including phenoxy) is 1. The number of hydrogen-bond acceptors (Lipinski definition) is 4. The maximum atomic E-state index is 5.54. The zero-order valence-electron chi connectivity index (χ0n) is 19.9. The molecule has 0 radical (unpaired) electrons. The number of para-hydroxylation sites is 2. The Hall–Kier alpha value is -2.00. The number of likely N-dealkylation sites (tertiary alicyclic amines) is 1. The number of methoxy groups -OCH3 is 1. The number of anilines is 1. The van der Waals surface area contributed by atoms with Crippen LogP contribution in [0.4, 0.5) is 5.69 Å². The standard InChI is InChI=1S/C26H37N5O.HI/c1-27-26(29-23-14-17-31(20-23)24-10-6-7-11-25(24)32-2)28-18-22-13-16-30(19-22)15-12-21-8-4-3-5-9-21;/h3-11,22-23H,12-20H2,1-2H3,(H2,27,28,29);1H. The van der Waals surface area contributed by atoms with E-state index in [0.717, 1.165) is 50.7 Å². The Morgan fingerprint density at radius 3 is 2.61 bits per heavy atom. The molecule has 0 aromatic heterocycles. The van der Waals surface area contributed by atoms with E-state index in [9.17, 15) is 0 Å². The summed E-state index contributed by atoms with van der Waals surface area (Å²) >= 11 is 0. The largest absolute Gasteiger partial charge is 0.495 e. The van der Waals surface area contributed by atoms with Crippen molar-refractivity contribution in [2.24, 2.45) is 10.9 Å². The molecular formula is C26H38IN5O. The number of hydrogen-bond donors (Lipinski definition) is 2. The van der Waals surface area contributed by atoms with Crippen LogP contribution in [0.2, 0.25) is 0 Å². The Labute approximate surface area is 215 Å². The fraction of sp³-hybridized carbons (Fsp3) is 0.500. The van der Waals surface area contributed by atoms with Crippen LogP contribution < -0.4 is 20.3 Å². The predicted octanol–water partition coefficient (Wildman–Crippen LogP) is 3.62. The number of nitrogens with zero attached hydrogens (tertiary/aromatic N) is 3. The monoisotopic (exact) mass is 563 g/mol. The van der Waals surface area contributed by atoms with Gasteiger partial charge in [0.05, 0.1) is 12.8 Å². The first-order chi connectivity index (χ1) is 15.7. The van der Waals surface area contributed by atoms with E-state index in [1.807, 2.05) is 19.2 Å². The third kappa shape index (κ3) is 7.24. The topological polar surface area (TPSA) is 52.1 Å². The van der Waals surface area contributed by atoms with Gasteiger partial charge in [-0.2, -0.15) is 0 Å². The van der Waals surface area contributed by atoms with E-state index < -0.39 is 0 Å². The minimum Gasteiger partial charge on any atom is -0.495 e. The maximum Gasteiger partial charge on any atom is 0.191 e. The summed E-state index contributed by atoms with van der Waals surface area (Å²) in [6.45, 7) is 6.47. The van der Waals surface area contributed by atoms with E-state index in [1.54, 1.807) is 7.11 Å². The van der Waals surface area contributed by atoms with Crippen molar-refractivity contribution in [3.8, 4) is 5.75 Å². The van der Waals surface area contributed by atoms with Crippen LogP contribution in [0.1, 0.15) is 18.4 Å². The Bertz CT molecular complexity index is 878. The van der Waals surface area contributed by atoms with E-state index in [0.29, 0.717) is 12.0 Å². The fourth-order valence-electron chi connectivity index (χ4n) is 4.83. The van der Waals surface area contributed by atoms with Crippen LogP contribution in [0.5, 0.6) is 5.75 Å². The van der Waals surface area contributed by atoms with Crippen LogP contribution in [-0.2, 0) is 6.42 Å². The Kier molecular flexibility index (Phi) is 10.1. The van der Waals surface area contributed by atoms with Gasteiger partial charge in [0.25, 0.3) is 0 Å². The van der Waals surface area contributed by atoms with Gasteiger partial charge >= 0.3 is 0 Å².